The van der Waals surface area contributed by atoms with Crippen LogP contribution in [0.3, 0.4) is 0 Å². The Morgan fingerprint density at radius 1 is 1.53 bits per heavy atom. The molecule has 2 atom stereocenters. The maximum absolute atomic E-state index is 11.6. The molecule has 1 aromatic rings. The molecule has 0 spiro atoms. The molecule has 4 N–H and O–H groups in total. The summed E-state index contributed by atoms with van der Waals surface area (Å²) in [4.78, 5) is 21.5. The summed E-state index contributed by atoms with van der Waals surface area (Å²) in [6, 6.07) is 3.29. The third-order valence-corrected chi connectivity index (χ3v) is 2.58. The Bertz CT molecular complexity index is 490. The van der Waals surface area contributed by atoms with Crippen LogP contribution < -0.4 is 5.73 Å². The Morgan fingerprint density at radius 2 is 2.16 bits per heavy atom. The lowest BCUT2D eigenvalue weighted by Gasteiger charge is -2.18. The summed E-state index contributed by atoms with van der Waals surface area (Å²) in [5, 5.41) is 30.0. The fourth-order valence-electron chi connectivity index (χ4n) is 1.54. The van der Waals surface area contributed by atoms with E-state index in [1.165, 1.54) is 6.07 Å². The number of benzene rings is 1. The molecule has 0 saturated carbocycles. The van der Waals surface area contributed by atoms with E-state index in [2.05, 4.69) is 4.74 Å². The molecule has 0 aliphatic rings. The van der Waals surface area contributed by atoms with Gasteiger partial charge in [0.05, 0.1) is 23.7 Å². The van der Waals surface area contributed by atoms with Crippen molar-refractivity contribution in [3.05, 3.63) is 39.4 Å². The van der Waals surface area contributed by atoms with Crippen LogP contribution in [0.15, 0.2) is 18.2 Å². The van der Waals surface area contributed by atoms with Gasteiger partial charge in [0.2, 0.25) is 0 Å². The van der Waals surface area contributed by atoms with Crippen LogP contribution in [0.1, 0.15) is 22.0 Å². The normalized spacial score (nSPS) is 13.7. The number of nitrogens with zero attached hydrogens (tertiary/aromatic N) is 1. The Kier molecular flexibility index (Phi) is 4.93. The lowest BCUT2D eigenvalue weighted by Crippen LogP contribution is -2.28. The highest BCUT2D eigenvalue weighted by Crippen LogP contribution is 2.25. The minimum atomic E-state index is -1.43. The lowest BCUT2D eigenvalue weighted by molar-refractivity contribution is -0.384. The zero-order chi connectivity index (χ0) is 14.6. The fraction of sp³-hybridized carbons (Fsp3) is 0.364. The van der Waals surface area contributed by atoms with Crippen LogP contribution in [0.2, 0.25) is 0 Å². The van der Waals surface area contributed by atoms with Gasteiger partial charge in [0.1, 0.15) is 6.10 Å². The highest BCUT2D eigenvalue weighted by molar-refractivity contribution is 5.92. The van der Waals surface area contributed by atoms with Gasteiger partial charge < -0.3 is 20.7 Å². The van der Waals surface area contributed by atoms with Crippen LogP contribution in [-0.4, -0.2) is 40.9 Å². The minimum absolute atomic E-state index is 0.0235. The monoisotopic (exact) mass is 270 g/mol. The first-order valence-electron chi connectivity index (χ1n) is 5.35. The molecule has 0 aromatic heterocycles. The van der Waals surface area contributed by atoms with E-state index in [0.717, 1.165) is 19.2 Å². The van der Waals surface area contributed by atoms with Crippen LogP contribution >= 0.6 is 0 Å². The predicted octanol–water partition coefficient (Wildman–Crippen LogP) is -0.266. The van der Waals surface area contributed by atoms with Crippen LogP contribution in [0.4, 0.5) is 5.69 Å². The molecule has 8 heteroatoms. The van der Waals surface area contributed by atoms with Gasteiger partial charge >= 0.3 is 5.97 Å². The number of aliphatic hydroxyl groups excluding tert-OH is 2. The molecule has 0 aliphatic heterocycles. The first-order valence-corrected chi connectivity index (χ1v) is 5.35. The van der Waals surface area contributed by atoms with E-state index in [4.69, 9.17) is 5.73 Å². The summed E-state index contributed by atoms with van der Waals surface area (Å²) >= 11 is 0. The van der Waals surface area contributed by atoms with Crippen molar-refractivity contribution >= 4 is 11.7 Å². The third kappa shape index (κ3) is 3.25. The second kappa shape index (κ2) is 6.23. The van der Waals surface area contributed by atoms with Crippen LogP contribution in [0.25, 0.3) is 0 Å². The summed E-state index contributed by atoms with van der Waals surface area (Å²) in [5.74, 6) is -0.845. The number of nitrogens with two attached hydrogens (primary N) is 1. The summed E-state index contributed by atoms with van der Waals surface area (Å²) in [6.07, 6.45) is -2.72. The van der Waals surface area contributed by atoms with Gasteiger partial charge in [-0.25, -0.2) is 4.79 Å². The number of hydrogen-bond donors (Lipinski definition) is 3. The van der Waals surface area contributed by atoms with Crippen molar-refractivity contribution in [2.24, 2.45) is 5.73 Å². The fourth-order valence-corrected chi connectivity index (χ4v) is 1.54. The van der Waals surface area contributed by atoms with Gasteiger partial charge in [-0.15, -0.1) is 0 Å². The molecular formula is C11H14N2O6. The van der Waals surface area contributed by atoms with E-state index in [1.54, 1.807) is 0 Å². The molecule has 0 bridgehead atoms. The molecule has 0 aliphatic carbocycles. The minimum Gasteiger partial charge on any atom is -0.465 e. The quantitative estimate of drug-likeness (QED) is 0.380. The topological polar surface area (TPSA) is 136 Å². The maximum atomic E-state index is 11.6. The highest BCUT2D eigenvalue weighted by atomic mass is 16.6. The number of hydrogen-bond acceptors (Lipinski definition) is 7. The molecule has 1 rings (SSSR count). The molecule has 0 saturated heterocycles. The van der Waals surface area contributed by atoms with Gasteiger partial charge in [0.15, 0.2) is 0 Å². The zero-order valence-electron chi connectivity index (χ0n) is 10.1. The first-order chi connectivity index (χ1) is 8.92. The van der Waals surface area contributed by atoms with Gasteiger partial charge in [-0.05, 0) is 11.6 Å². The van der Waals surface area contributed by atoms with Crippen LogP contribution in [-0.2, 0) is 4.74 Å². The van der Waals surface area contributed by atoms with E-state index in [-0.39, 0.29) is 23.4 Å². The molecule has 0 fully saturated rings. The summed E-state index contributed by atoms with van der Waals surface area (Å²) in [6.45, 7) is -0.223. The Labute approximate surface area is 108 Å². The van der Waals surface area contributed by atoms with Crippen LogP contribution in [0, 0.1) is 10.1 Å². The number of methoxy groups -OCH3 is 1. The van der Waals surface area contributed by atoms with Gasteiger partial charge in [0, 0.05) is 18.7 Å². The second-order valence-electron chi connectivity index (χ2n) is 3.77. The standard InChI is InChI=1S/C11H14N2O6/c1-19-11(16)8-4-6(13(17)18)2-3-7(8)10(15)9(14)5-12/h2-4,9-10,14-15H,5,12H2,1H3. The molecule has 104 valence electrons. The van der Waals surface area contributed by atoms with Gasteiger partial charge in [-0.1, -0.05) is 0 Å². The Hall–Kier alpha value is -2.03. The molecule has 0 heterocycles. The van der Waals surface area contributed by atoms with Crippen molar-refractivity contribution in [2.45, 2.75) is 12.2 Å². The van der Waals surface area contributed by atoms with Crippen molar-refractivity contribution in [3.8, 4) is 0 Å². The number of esters is 1. The Balaban J connectivity index is 3.30. The smallest absolute Gasteiger partial charge is 0.338 e. The van der Waals surface area contributed by atoms with Gasteiger partial charge in [-0.2, -0.15) is 0 Å². The number of nitro groups is 1. The zero-order valence-corrected chi connectivity index (χ0v) is 10.1. The molecule has 0 amide bonds. The number of carbonyl (C=O) groups is 1. The number of nitro benzene ring substituents is 1. The average Bonchev–Trinajstić information content (AvgIpc) is 2.43. The lowest BCUT2D eigenvalue weighted by atomic mass is 9.98. The second-order valence-corrected chi connectivity index (χ2v) is 3.77. The molecule has 19 heavy (non-hydrogen) atoms. The Morgan fingerprint density at radius 3 is 2.63 bits per heavy atom. The largest absolute Gasteiger partial charge is 0.465 e. The van der Waals surface area contributed by atoms with Crippen molar-refractivity contribution in [1.82, 2.24) is 0 Å². The molecule has 0 radical (unpaired) electrons. The van der Waals surface area contributed by atoms with E-state index in [0.29, 0.717) is 0 Å². The van der Waals surface area contributed by atoms with E-state index < -0.39 is 23.1 Å². The number of rotatable bonds is 5. The van der Waals surface area contributed by atoms with E-state index in [1.807, 2.05) is 0 Å². The number of aliphatic hydroxyl groups is 2. The van der Waals surface area contributed by atoms with Crippen LogP contribution in [0.5, 0.6) is 0 Å². The summed E-state index contributed by atoms with van der Waals surface area (Å²) in [7, 11) is 1.11. The van der Waals surface area contributed by atoms with Crippen molar-refractivity contribution in [3.63, 3.8) is 0 Å². The number of ether oxygens (including phenoxy) is 1. The van der Waals surface area contributed by atoms with Crippen molar-refractivity contribution in [1.29, 1.82) is 0 Å². The third-order valence-electron chi connectivity index (χ3n) is 2.58. The molecule has 8 nitrogen and oxygen atoms in total. The predicted molar refractivity (Wildman–Crippen MR) is 64.5 cm³/mol. The average molecular weight is 270 g/mol. The van der Waals surface area contributed by atoms with Gasteiger partial charge in [0.25, 0.3) is 5.69 Å². The van der Waals surface area contributed by atoms with Gasteiger partial charge in [-0.3, -0.25) is 10.1 Å². The SMILES string of the molecule is COC(=O)c1cc([N+](=O)[O-])ccc1C(O)C(O)CN. The first kappa shape index (κ1) is 15.0. The van der Waals surface area contributed by atoms with Crippen molar-refractivity contribution in [2.75, 3.05) is 13.7 Å². The number of carbonyl (C=O) groups excluding carboxylic acids is 1. The number of non-ortho nitro benzene ring substituents is 1. The molecular weight excluding hydrogens is 256 g/mol. The molecule has 1 aromatic carbocycles. The van der Waals surface area contributed by atoms with E-state index >= 15 is 0 Å². The molecule has 2 unspecified atom stereocenters. The summed E-state index contributed by atoms with van der Waals surface area (Å²) < 4.78 is 4.49. The maximum Gasteiger partial charge on any atom is 0.338 e. The van der Waals surface area contributed by atoms with Crippen molar-refractivity contribution < 1.29 is 24.7 Å². The van der Waals surface area contributed by atoms with E-state index in [9.17, 15) is 25.1 Å². The summed E-state index contributed by atoms with van der Waals surface area (Å²) in [5.41, 5.74) is 4.73. The highest BCUT2D eigenvalue weighted by Gasteiger charge is 2.25.